The van der Waals surface area contributed by atoms with Gasteiger partial charge in [-0.05, 0) is 39.2 Å². The Morgan fingerprint density at radius 1 is 1.21 bits per heavy atom. The highest BCUT2D eigenvalue weighted by atomic mass is 16.5. The first-order chi connectivity index (χ1) is 13.5. The molecule has 8 heteroatoms. The third-order valence-corrected chi connectivity index (χ3v) is 4.77. The van der Waals surface area contributed by atoms with E-state index in [1.807, 2.05) is 20.0 Å². The summed E-state index contributed by atoms with van der Waals surface area (Å²) in [4.78, 5) is 13.3. The third kappa shape index (κ3) is 3.68. The van der Waals surface area contributed by atoms with E-state index in [2.05, 4.69) is 26.8 Å². The molecule has 3 rings (SSSR count). The van der Waals surface area contributed by atoms with Gasteiger partial charge in [0.1, 0.15) is 17.4 Å². The monoisotopic (exact) mass is 383 g/mol. The summed E-state index contributed by atoms with van der Waals surface area (Å²) in [5.74, 6) is 1.73. The number of ether oxygens (including phenoxy) is 2. The summed E-state index contributed by atoms with van der Waals surface area (Å²) in [6.07, 6.45) is 3.00. The van der Waals surface area contributed by atoms with Gasteiger partial charge in [0.05, 0.1) is 14.2 Å². The van der Waals surface area contributed by atoms with Crippen LogP contribution < -0.4 is 9.47 Å². The molecule has 1 unspecified atom stereocenters. The van der Waals surface area contributed by atoms with E-state index in [1.54, 1.807) is 26.4 Å². The fourth-order valence-electron chi connectivity index (χ4n) is 3.33. The molecular weight excluding hydrogens is 358 g/mol. The van der Waals surface area contributed by atoms with Crippen LogP contribution >= 0.6 is 0 Å². The maximum atomic E-state index is 10.7. The van der Waals surface area contributed by atoms with Crippen molar-refractivity contribution in [2.45, 2.75) is 39.2 Å². The number of aliphatic hydroxyl groups excluding tert-OH is 1. The minimum atomic E-state index is -0.793. The van der Waals surface area contributed by atoms with E-state index in [-0.39, 0.29) is 0 Å². The van der Waals surface area contributed by atoms with E-state index in [4.69, 9.17) is 9.47 Å². The second-order valence-electron chi connectivity index (χ2n) is 6.57. The second-order valence-corrected chi connectivity index (χ2v) is 6.57. The zero-order valence-electron chi connectivity index (χ0n) is 16.6. The number of pyridine rings is 2. The molecule has 0 spiro atoms. The molecule has 3 heterocycles. The first-order valence-corrected chi connectivity index (χ1v) is 9.07. The summed E-state index contributed by atoms with van der Waals surface area (Å²) in [6.45, 7) is 7.55. The first-order valence-electron chi connectivity index (χ1n) is 9.07. The van der Waals surface area contributed by atoms with Crippen LogP contribution in [0.1, 0.15) is 41.6 Å². The topological polar surface area (TPSA) is 94.7 Å². The first kappa shape index (κ1) is 19.8. The van der Waals surface area contributed by atoms with Gasteiger partial charge in [-0.3, -0.25) is 4.98 Å². The number of aromatic nitrogens is 4. The van der Waals surface area contributed by atoms with Gasteiger partial charge in [-0.25, -0.2) is 4.98 Å². The van der Waals surface area contributed by atoms with Crippen LogP contribution in [0.4, 0.5) is 0 Å². The minimum absolute atomic E-state index is 0.414. The maximum absolute atomic E-state index is 10.7. The zero-order chi connectivity index (χ0) is 20.3. The van der Waals surface area contributed by atoms with E-state index in [0.717, 1.165) is 35.4 Å². The normalized spacial score (nSPS) is 12.2. The van der Waals surface area contributed by atoms with E-state index in [1.165, 1.54) is 4.68 Å². The Hall–Kier alpha value is -3.00. The van der Waals surface area contributed by atoms with Crippen LogP contribution in [0.2, 0.25) is 0 Å². The number of hydrogen-bond donors (Lipinski definition) is 1. The Morgan fingerprint density at radius 2 is 2.00 bits per heavy atom. The van der Waals surface area contributed by atoms with Crippen molar-refractivity contribution >= 4 is 17.9 Å². The van der Waals surface area contributed by atoms with E-state index in [0.29, 0.717) is 29.3 Å². The lowest BCUT2D eigenvalue weighted by atomic mass is 10.0. The number of methoxy groups -OCH3 is 2. The van der Waals surface area contributed by atoms with Crippen molar-refractivity contribution in [3.63, 3.8) is 0 Å². The predicted molar refractivity (Wildman–Crippen MR) is 107 cm³/mol. The molecule has 0 aliphatic carbocycles. The van der Waals surface area contributed by atoms with Crippen molar-refractivity contribution < 1.29 is 14.6 Å². The lowest BCUT2D eigenvalue weighted by Gasteiger charge is -2.13. The molecule has 8 nitrogen and oxygen atoms in total. The summed E-state index contributed by atoms with van der Waals surface area (Å²) in [6, 6.07) is 3.50. The summed E-state index contributed by atoms with van der Waals surface area (Å²) in [5.41, 5.74) is 4.15. The molecule has 0 aromatic carbocycles. The molecule has 0 radical (unpaired) electrons. The van der Waals surface area contributed by atoms with Gasteiger partial charge in [-0.15, -0.1) is 0 Å². The number of hydrogen-bond acceptors (Lipinski definition) is 7. The van der Waals surface area contributed by atoms with Gasteiger partial charge in [0, 0.05) is 35.8 Å². The van der Waals surface area contributed by atoms with Gasteiger partial charge in [-0.1, -0.05) is 0 Å². The molecule has 3 aromatic rings. The van der Waals surface area contributed by atoms with E-state index < -0.39 is 6.10 Å². The van der Waals surface area contributed by atoms with Crippen molar-refractivity contribution in [3.05, 3.63) is 41.0 Å². The molecule has 1 N–H and O–H groups in total. The molecule has 0 fully saturated rings. The Bertz CT molecular complexity index is 999. The Morgan fingerprint density at radius 3 is 2.68 bits per heavy atom. The van der Waals surface area contributed by atoms with Crippen LogP contribution in [-0.2, 0) is 6.42 Å². The van der Waals surface area contributed by atoms with E-state index in [9.17, 15) is 5.11 Å². The van der Waals surface area contributed by atoms with Crippen LogP contribution in [0.3, 0.4) is 0 Å². The summed E-state index contributed by atoms with van der Waals surface area (Å²) >= 11 is 0. The molecule has 3 aromatic heterocycles. The molecule has 28 heavy (non-hydrogen) atoms. The number of aryl methyl sites for hydroxylation is 2. The Kier molecular flexibility index (Phi) is 5.89. The third-order valence-electron chi connectivity index (χ3n) is 4.77. The average Bonchev–Trinajstić information content (AvgIpc) is 3.07. The van der Waals surface area contributed by atoms with Crippen molar-refractivity contribution in [1.29, 1.82) is 0 Å². The lowest BCUT2D eigenvalue weighted by Crippen LogP contribution is -2.07. The number of aliphatic hydroxyl groups is 1. The molecule has 148 valence electrons. The summed E-state index contributed by atoms with van der Waals surface area (Å²) in [5, 5.41) is 14.6. The van der Waals surface area contributed by atoms with Crippen molar-refractivity contribution in [2.75, 3.05) is 14.2 Å². The van der Waals surface area contributed by atoms with Gasteiger partial charge in [0.25, 0.3) is 0 Å². The van der Waals surface area contributed by atoms with Crippen molar-refractivity contribution in [3.8, 4) is 11.6 Å². The fourth-order valence-corrected chi connectivity index (χ4v) is 3.33. The highest BCUT2D eigenvalue weighted by Gasteiger charge is 2.19. The fraction of sp³-hybridized carbons (Fsp3) is 0.400. The number of rotatable bonds is 8. The molecule has 0 aliphatic rings. The van der Waals surface area contributed by atoms with Crippen LogP contribution in [0.25, 0.3) is 11.2 Å². The standard InChI is InChI=1S/C20H25N5O3/c1-12-11-22-14(13(2)18(12)28-5)7-6-8-16(26)20-23-15-9-10-17(27-4)24-19(15)25(20)21-3/h9-11,16,26H,3,6-8H2,1-2,4-5H3. The van der Waals surface area contributed by atoms with Crippen molar-refractivity contribution in [2.24, 2.45) is 5.10 Å². The smallest absolute Gasteiger partial charge is 0.215 e. The summed E-state index contributed by atoms with van der Waals surface area (Å²) in [7, 11) is 3.21. The molecule has 0 saturated heterocycles. The van der Waals surface area contributed by atoms with E-state index >= 15 is 0 Å². The van der Waals surface area contributed by atoms with Crippen molar-refractivity contribution in [1.82, 2.24) is 19.6 Å². The second kappa shape index (κ2) is 8.35. The quantitative estimate of drug-likeness (QED) is 0.601. The predicted octanol–water partition coefficient (Wildman–Crippen LogP) is 2.98. The summed E-state index contributed by atoms with van der Waals surface area (Å²) < 4.78 is 12.1. The van der Waals surface area contributed by atoms with Crippen LogP contribution in [0.5, 0.6) is 11.6 Å². The van der Waals surface area contributed by atoms with Crippen LogP contribution in [0, 0.1) is 13.8 Å². The Balaban J connectivity index is 1.75. The maximum Gasteiger partial charge on any atom is 0.215 e. The minimum Gasteiger partial charge on any atom is -0.496 e. The molecule has 0 aliphatic heterocycles. The zero-order valence-corrected chi connectivity index (χ0v) is 16.6. The molecular formula is C20H25N5O3. The SMILES string of the molecule is C=Nn1c(C(O)CCCc2ncc(C)c(OC)c2C)nc2ccc(OC)nc21. The largest absolute Gasteiger partial charge is 0.496 e. The number of nitrogens with zero attached hydrogens (tertiary/aromatic N) is 5. The van der Waals surface area contributed by atoms with Gasteiger partial charge >= 0.3 is 0 Å². The number of imidazole rings is 1. The highest BCUT2D eigenvalue weighted by Crippen LogP contribution is 2.27. The van der Waals surface area contributed by atoms with Gasteiger partial charge in [0.2, 0.25) is 5.88 Å². The highest BCUT2D eigenvalue weighted by molar-refractivity contribution is 5.72. The molecule has 0 amide bonds. The van der Waals surface area contributed by atoms with Gasteiger partial charge in [-0.2, -0.15) is 14.8 Å². The molecule has 0 bridgehead atoms. The Labute approximate surface area is 163 Å². The number of fused-ring (bicyclic) bond motifs is 1. The molecule has 0 saturated carbocycles. The lowest BCUT2D eigenvalue weighted by molar-refractivity contribution is 0.152. The van der Waals surface area contributed by atoms with Crippen LogP contribution in [0.15, 0.2) is 23.4 Å². The van der Waals surface area contributed by atoms with Gasteiger partial charge in [0.15, 0.2) is 11.5 Å². The van der Waals surface area contributed by atoms with Gasteiger partial charge < -0.3 is 14.6 Å². The average molecular weight is 383 g/mol. The van der Waals surface area contributed by atoms with Crippen LogP contribution in [-0.4, -0.2) is 45.7 Å². The molecule has 1 atom stereocenters.